The molecule has 52 valence electrons. The molecule has 0 rings (SSSR count). The number of hydrogen-bond donors (Lipinski definition) is 2. The van der Waals surface area contributed by atoms with Crippen molar-refractivity contribution in [2.24, 2.45) is 0 Å². The minimum atomic E-state index is -1.69. The third-order valence-corrected chi connectivity index (χ3v) is 1.06. The SMILES string of the molecule is CS(C)(O)COOO. The smallest absolute Gasteiger partial charge is 0.135 e. The topological polar surface area (TPSA) is 58.9 Å². The maximum absolute atomic E-state index is 8.92. The number of hydrogen-bond acceptors (Lipinski definition) is 4. The molecule has 0 amide bonds. The molecule has 0 bridgehead atoms. The van der Waals surface area contributed by atoms with Crippen LogP contribution < -0.4 is 0 Å². The van der Waals surface area contributed by atoms with Crippen LogP contribution in [0.4, 0.5) is 0 Å². The second kappa shape index (κ2) is 3.26. The molecule has 0 aromatic heterocycles. The fraction of sp³-hybridized carbons (Fsp3) is 1.00. The van der Waals surface area contributed by atoms with Crippen molar-refractivity contribution in [3.63, 3.8) is 0 Å². The number of rotatable bonds is 3. The van der Waals surface area contributed by atoms with Crippen LogP contribution in [0.2, 0.25) is 0 Å². The second-order valence-corrected chi connectivity index (χ2v) is 4.99. The highest BCUT2D eigenvalue weighted by Crippen LogP contribution is 2.33. The summed E-state index contributed by atoms with van der Waals surface area (Å²) in [5.74, 6) is 0.0312. The zero-order valence-electron chi connectivity index (χ0n) is 4.83. The summed E-state index contributed by atoms with van der Waals surface area (Å²) in [5, 5.41) is 10.9. The minimum Gasteiger partial charge on any atom is -0.350 e. The molecule has 0 radical (unpaired) electrons. The third kappa shape index (κ3) is 6.19. The fourth-order valence-electron chi connectivity index (χ4n) is 0.139. The first-order valence-electron chi connectivity index (χ1n) is 1.93. The van der Waals surface area contributed by atoms with E-state index >= 15 is 0 Å². The van der Waals surface area contributed by atoms with Crippen LogP contribution in [0, 0.1) is 0 Å². The molecule has 0 saturated heterocycles. The van der Waals surface area contributed by atoms with E-state index < -0.39 is 10.3 Å². The van der Waals surface area contributed by atoms with Gasteiger partial charge < -0.3 is 4.55 Å². The van der Waals surface area contributed by atoms with Gasteiger partial charge >= 0.3 is 0 Å². The molecule has 0 heterocycles. The lowest BCUT2D eigenvalue weighted by atomic mass is 11.7. The van der Waals surface area contributed by atoms with E-state index in [4.69, 9.17) is 9.81 Å². The van der Waals surface area contributed by atoms with Crippen LogP contribution in [0.1, 0.15) is 0 Å². The Hall–Kier alpha value is 0.190. The molecule has 0 spiro atoms. The summed E-state index contributed by atoms with van der Waals surface area (Å²) in [4.78, 5) is 4.04. The Balaban J connectivity index is 3.11. The largest absolute Gasteiger partial charge is 0.350 e. The van der Waals surface area contributed by atoms with Crippen molar-refractivity contribution in [3.8, 4) is 0 Å². The molecule has 0 unspecified atom stereocenters. The summed E-state index contributed by atoms with van der Waals surface area (Å²) in [7, 11) is -1.69. The molecule has 0 saturated carbocycles. The highest BCUT2D eigenvalue weighted by Gasteiger charge is 2.05. The standard InChI is InChI=1S/C3H10O4S/c1-8(2,5)3-6-7-4/h4-5H,3H2,1-2H3. The van der Waals surface area contributed by atoms with Crippen molar-refractivity contribution in [2.45, 2.75) is 0 Å². The molecule has 5 heteroatoms. The Morgan fingerprint density at radius 2 is 2.00 bits per heavy atom. The second-order valence-electron chi connectivity index (χ2n) is 1.79. The monoisotopic (exact) mass is 142 g/mol. The molecule has 0 fully saturated rings. The summed E-state index contributed by atoms with van der Waals surface area (Å²) in [6, 6.07) is 0. The summed E-state index contributed by atoms with van der Waals surface area (Å²) >= 11 is 0. The van der Waals surface area contributed by atoms with Crippen LogP contribution in [-0.4, -0.2) is 28.3 Å². The van der Waals surface area contributed by atoms with Gasteiger partial charge in [-0.15, -0.1) is 10.3 Å². The highest BCUT2D eigenvalue weighted by molar-refractivity contribution is 8.27. The van der Waals surface area contributed by atoms with E-state index in [1.54, 1.807) is 12.5 Å². The van der Waals surface area contributed by atoms with Crippen molar-refractivity contribution in [1.29, 1.82) is 0 Å². The third-order valence-electron chi connectivity index (χ3n) is 0.389. The predicted octanol–water partition coefficient (Wildman–Crippen LogP) is 0.902. The molecular weight excluding hydrogens is 132 g/mol. The Morgan fingerprint density at radius 3 is 2.12 bits per heavy atom. The lowest BCUT2D eigenvalue weighted by Crippen LogP contribution is -2.02. The highest BCUT2D eigenvalue weighted by atomic mass is 32.3. The first-order valence-corrected chi connectivity index (χ1v) is 4.50. The van der Waals surface area contributed by atoms with Crippen LogP contribution >= 0.6 is 10.3 Å². The Kier molecular flexibility index (Phi) is 3.34. The van der Waals surface area contributed by atoms with Crippen molar-refractivity contribution in [1.82, 2.24) is 0 Å². The van der Waals surface area contributed by atoms with Crippen molar-refractivity contribution >= 4 is 10.3 Å². The fourth-order valence-corrected chi connectivity index (χ4v) is 0.418. The summed E-state index contributed by atoms with van der Waals surface area (Å²) < 4.78 is 8.92. The van der Waals surface area contributed by atoms with E-state index in [-0.39, 0.29) is 5.94 Å². The first-order chi connectivity index (χ1) is 3.56. The maximum Gasteiger partial charge on any atom is 0.135 e. The zero-order valence-corrected chi connectivity index (χ0v) is 5.64. The van der Waals surface area contributed by atoms with E-state index in [0.717, 1.165) is 0 Å². The molecular formula is C3H10O4S. The Morgan fingerprint density at radius 1 is 1.50 bits per heavy atom. The van der Waals surface area contributed by atoms with E-state index in [0.29, 0.717) is 0 Å². The molecule has 0 aromatic carbocycles. The van der Waals surface area contributed by atoms with Crippen LogP contribution in [0.5, 0.6) is 0 Å². The Labute approximate surface area is 49.4 Å². The van der Waals surface area contributed by atoms with Crippen molar-refractivity contribution in [3.05, 3.63) is 0 Å². The average Bonchev–Trinajstić information content (AvgIpc) is 1.59. The Bertz CT molecular complexity index is 58.8. The van der Waals surface area contributed by atoms with Gasteiger partial charge in [-0.1, -0.05) is 5.04 Å². The summed E-state index contributed by atoms with van der Waals surface area (Å²) in [6.45, 7) is 0. The molecule has 8 heavy (non-hydrogen) atoms. The van der Waals surface area contributed by atoms with Crippen LogP contribution in [0.3, 0.4) is 0 Å². The zero-order chi connectivity index (χ0) is 6.62. The van der Waals surface area contributed by atoms with E-state index in [1.165, 1.54) is 0 Å². The quantitative estimate of drug-likeness (QED) is 0.454. The van der Waals surface area contributed by atoms with Gasteiger partial charge in [0.25, 0.3) is 0 Å². The minimum absolute atomic E-state index is 0.0312. The average molecular weight is 142 g/mol. The van der Waals surface area contributed by atoms with E-state index in [2.05, 4.69) is 9.93 Å². The normalized spacial score (nSPS) is 14.0. The van der Waals surface area contributed by atoms with Gasteiger partial charge in [0.05, 0.1) is 0 Å². The van der Waals surface area contributed by atoms with Crippen LogP contribution in [0.15, 0.2) is 0 Å². The van der Waals surface area contributed by atoms with E-state index in [1.807, 2.05) is 0 Å². The van der Waals surface area contributed by atoms with Gasteiger partial charge in [-0.3, -0.25) is 0 Å². The van der Waals surface area contributed by atoms with Gasteiger partial charge in [-0.2, -0.15) is 4.89 Å². The van der Waals surface area contributed by atoms with Crippen molar-refractivity contribution < 1.29 is 19.7 Å². The van der Waals surface area contributed by atoms with E-state index in [9.17, 15) is 0 Å². The van der Waals surface area contributed by atoms with Gasteiger partial charge in [0, 0.05) is 0 Å². The summed E-state index contributed by atoms with van der Waals surface area (Å²) in [5.41, 5.74) is 0. The first kappa shape index (κ1) is 8.19. The van der Waals surface area contributed by atoms with Gasteiger partial charge in [-0.25, -0.2) is 5.26 Å². The lowest BCUT2D eigenvalue weighted by Gasteiger charge is -2.19. The molecule has 0 aliphatic heterocycles. The molecule has 4 nitrogen and oxygen atoms in total. The van der Waals surface area contributed by atoms with Gasteiger partial charge in [0.2, 0.25) is 0 Å². The molecule has 2 N–H and O–H groups in total. The predicted molar refractivity (Wildman–Crippen MR) is 31.7 cm³/mol. The van der Waals surface area contributed by atoms with Crippen LogP contribution in [-0.2, 0) is 9.93 Å². The van der Waals surface area contributed by atoms with Crippen molar-refractivity contribution in [2.75, 3.05) is 18.5 Å². The summed E-state index contributed by atoms with van der Waals surface area (Å²) in [6.07, 6.45) is 3.23. The van der Waals surface area contributed by atoms with Gasteiger partial charge in [0.15, 0.2) is 0 Å². The molecule has 0 aliphatic carbocycles. The lowest BCUT2D eigenvalue weighted by molar-refractivity contribution is -0.483. The maximum atomic E-state index is 8.92. The molecule has 0 aromatic rings. The molecule has 0 atom stereocenters. The van der Waals surface area contributed by atoms with Gasteiger partial charge in [-0.05, 0) is 12.5 Å². The van der Waals surface area contributed by atoms with Crippen LogP contribution in [0.25, 0.3) is 0 Å². The van der Waals surface area contributed by atoms with Gasteiger partial charge in [0.1, 0.15) is 5.94 Å². The molecule has 0 aliphatic rings.